The van der Waals surface area contributed by atoms with Crippen LogP contribution in [0.2, 0.25) is 0 Å². The van der Waals surface area contributed by atoms with Crippen LogP contribution >= 0.6 is 0 Å². The van der Waals surface area contributed by atoms with E-state index in [9.17, 15) is 26.3 Å². The Morgan fingerprint density at radius 1 is 0.556 bits per heavy atom. The predicted molar refractivity (Wildman–Crippen MR) is 12.1 cm³/mol. The Hall–Kier alpha value is 0.580. The molecule has 0 nitrogen and oxygen atoms in total. The molecule has 0 radical (unpaired) electrons. The minimum absolute atomic E-state index is 0. The molecular weight excluding hydrogens is 161 g/mol. The van der Waals surface area contributed by atoms with E-state index in [-0.39, 0.29) is 29.6 Å². The summed E-state index contributed by atoms with van der Waals surface area (Å²) in [6, 6.07) is 0. The van der Waals surface area contributed by atoms with Gasteiger partial charge in [-0.05, 0) is 0 Å². The van der Waals surface area contributed by atoms with Crippen LogP contribution in [0.25, 0.3) is 0 Å². The zero-order valence-corrected chi connectivity index (χ0v) is 6.27. The molecule has 0 aliphatic rings. The average Bonchev–Trinajstić information content (AvgIpc) is 1.25. The van der Waals surface area contributed by atoms with Gasteiger partial charge in [-0.3, -0.25) is 0 Å². The number of hydrogen-bond acceptors (Lipinski definition) is 0. The van der Waals surface area contributed by atoms with Crippen LogP contribution in [-0.4, -0.2) is 12.4 Å². The fourth-order valence-electron chi connectivity index (χ4n) is 0. The Labute approximate surface area is 68.5 Å². The number of alkyl halides is 6. The molecule has 0 fully saturated rings. The van der Waals surface area contributed by atoms with E-state index in [4.69, 9.17) is 0 Å². The molecular formula is C2F6Na+. The van der Waals surface area contributed by atoms with Crippen LogP contribution in [-0.2, 0) is 0 Å². The van der Waals surface area contributed by atoms with Gasteiger partial charge in [0.25, 0.3) is 0 Å². The van der Waals surface area contributed by atoms with Crippen molar-refractivity contribution < 1.29 is 55.9 Å². The van der Waals surface area contributed by atoms with Crippen molar-refractivity contribution >= 4 is 0 Å². The molecule has 0 aliphatic carbocycles. The monoisotopic (exact) mass is 161 g/mol. The summed E-state index contributed by atoms with van der Waals surface area (Å²) in [5.41, 5.74) is 0. The van der Waals surface area contributed by atoms with Gasteiger partial charge in [-0.15, -0.1) is 0 Å². The van der Waals surface area contributed by atoms with Gasteiger partial charge >= 0.3 is 41.9 Å². The quantitative estimate of drug-likeness (QED) is 0.319. The van der Waals surface area contributed by atoms with Crippen molar-refractivity contribution in [2.45, 2.75) is 12.4 Å². The Morgan fingerprint density at radius 2 is 0.667 bits per heavy atom. The molecule has 9 heavy (non-hydrogen) atoms. The van der Waals surface area contributed by atoms with Gasteiger partial charge in [-0.2, -0.15) is 26.3 Å². The topological polar surface area (TPSA) is 0 Å². The Balaban J connectivity index is 0. The molecule has 0 amide bonds. The van der Waals surface area contributed by atoms with Crippen LogP contribution in [0, 0.1) is 0 Å². The number of hydrogen-bond donors (Lipinski definition) is 0. The third-order valence-electron chi connectivity index (χ3n) is 0.321. The molecule has 0 spiro atoms. The van der Waals surface area contributed by atoms with E-state index in [1.807, 2.05) is 0 Å². The van der Waals surface area contributed by atoms with Crippen LogP contribution in [0.3, 0.4) is 0 Å². The molecule has 0 rings (SSSR count). The van der Waals surface area contributed by atoms with Gasteiger partial charge in [-0.1, -0.05) is 0 Å². The van der Waals surface area contributed by atoms with Gasteiger partial charge in [0.1, 0.15) is 0 Å². The minimum atomic E-state index is -6.06. The Morgan fingerprint density at radius 3 is 0.667 bits per heavy atom. The molecule has 0 heterocycles. The predicted octanol–water partition coefficient (Wildman–Crippen LogP) is -0.885. The SMILES string of the molecule is FC(F)(F)C(F)(F)F.[Na+]. The normalized spacial score (nSPS) is 12.7. The first-order valence-corrected chi connectivity index (χ1v) is 1.38. The van der Waals surface area contributed by atoms with Crippen molar-refractivity contribution in [2.75, 3.05) is 0 Å². The average molecular weight is 161 g/mol. The van der Waals surface area contributed by atoms with Crippen molar-refractivity contribution in [2.24, 2.45) is 0 Å². The molecule has 0 atom stereocenters. The summed E-state index contributed by atoms with van der Waals surface area (Å²) < 4.78 is 62.6. The van der Waals surface area contributed by atoms with Crippen LogP contribution in [0.4, 0.5) is 26.3 Å². The van der Waals surface area contributed by atoms with Crippen molar-refractivity contribution in [3.8, 4) is 0 Å². The van der Waals surface area contributed by atoms with E-state index in [1.165, 1.54) is 0 Å². The van der Waals surface area contributed by atoms with Crippen LogP contribution in [0.5, 0.6) is 0 Å². The van der Waals surface area contributed by atoms with Gasteiger partial charge in [0.2, 0.25) is 0 Å². The van der Waals surface area contributed by atoms with Gasteiger partial charge in [0, 0.05) is 0 Å². The third-order valence-corrected chi connectivity index (χ3v) is 0.321. The zero-order valence-electron chi connectivity index (χ0n) is 4.27. The summed E-state index contributed by atoms with van der Waals surface area (Å²) in [4.78, 5) is 0. The standard InChI is InChI=1S/C2F6.Na/c3-1(4,5)2(6,7)8;/q;+1. The number of halogens is 6. The summed E-state index contributed by atoms with van der Waals surface area (Å²) >= 11 is 0. The van der Waals surface area contributed by atoms with Gasteiger partial charge in [-0.25, -0.2) is 0 Å². The zero-order chi connectivity index (χ0) is 7.00. The second-order valence-electron chi connectivity index (χ2n) is 0.996. The van der Waals surface area contributed by atoms with Crippen molar-refractivity contribution in [1.29, 1.82) is 0 Å². The van der Waals surface area contributed by atoms with Crippen LogP contribution in [0.1, 0.15) is 0 Å². The second-order valence-corrected chi connectivity index (χ2v) is 0.996. The molecule has 0 aliphatic heterocycles. The van der Waals surface area contributed by atoms with Crippen LogP contribution in [0.15, 0.2) is 0 Å². The van der Waals surface area contributed by atoms with Crippen LogP contribution < -0.4 is 29.6 Å². The molecule has 0 aromatic rings. The molecule has 0 aromatic heterocycles. The molecule has 50 valence electrons. The maximum atomic E-state index is 10.4. The molecule has 7 heteroatoms. The fourth-order valence-corrected chi connectivity index (χ4v) is 0. The maximum absolute atomic E-state index is 10.4. The summed E-state index contributed by atoms with van der Waals surface area (Å²) in [5, 5.41) is 0. The van der Waals surface area contributed by atoms with Gasteiger partial charge < -0.3 is 0 Å². The summed E-state index contributed by atoms with van der Waals surface area (Å²) in [5.74, 6) is 0. The first kappa shape index (κ1) is 12.3. The minimum Gasteiger partial charge on any atom is -0.162 e. The first-order valence-electron chi connectivity index (χ1n) is 1.38. The third kappa shape index (κ3) is 4.05. The summed E-state index contributed by atoms with van der Waals surface area (Å²) in [7, 11) is 0. The summed E-state index contributed by atoms with van der Waals surface area (Å²) in [6.45, 7) is 0. The van der Waals surface area contributed by atoms with Gasteiger partial charge in [0.15, 0.2) is 0 Å². The fraction of sp³-hybridized carbons (Fsp3) is 1.00. The van der Waals surface area contributed by atoms with Crippen molar-refractivity contribution in [1.82, 2.24) is 0 Å². The molecule has 0 bridgehead atoms. The first-order chi connectivity index (χ1) is 3.25. The van der Waals surface area contributed by atoms with E-state index in [2.05, 4.69) is 0 Å². The second kappa shape index (κ2) is 3.12. The Kier molecular flexibility index (Phi) is 4.25. The molecule has 0 N–H and O–H groups in total. The molecule has 0 saturated carbocycles. The smallest absolute Gasteiger partial charge is 0.162 e. The molecule has 0 unspecified atom stereocenters. The molecule has 0 aromatic carbocycles. The largest absolute Gasteiger partial charge is 1.00 e. The van der Waals surface area contributed by atoms with E-state index in [1.54, 1.807) is 0 Å². The van der Waals surface area contributed by atoms with E-state index < -0.39 is 12.4 Å². The molecule has 0 saturated heterocycles. The van der Waals surface area contributed by atoms with Crippen molar-refractivity contribution in [3.63, 3.8) is 0 Å². The maximum Gasteiger partial charge on any atom is 1.00 e. The number of rotatable bonds is 0. The summed E-state index contributed by atoms with van der Waals surface area (Å²) in [6.07, 6.45) is -12.1. The Bertz CT molecular complexity index is 66.0. The van der Waals surface area contributed by atoms with E-state index >= 15 is 0 Å². The van der Waals surface area contributed by atoms with E-state index in [0.29, 0.717) is 0 Å². The van der Waals surface area contributed by atoms with Gasteiger partial charge in [0.05, 0.1) is 0 Å². The van der Waals surface area contributed by atoms with E-state index in [0.717, 1.165) is 0 Å². The van der Waals surface area contributed by atoms with Crippen molar-refractivity contribution in [3.05, 3.63) is 0 Å².